The van der Waals surface area contributed by atoms with E-state index in [0.717, 1.165) is 18.0 Å². The molecule has 0 saturated carbocycles. The summed E-state index contributed by atoms with van der Waals surface area (Å²) in [6.45, 7) is 9.19. The van der Waals surface area contributed by atoms with Crippen molar-refractivity contribution in [3.8, 4) is 0 Å². The maximum Gasteiger partial charge on any atom is 0.0517 e. The third-order valence-corrected chi connectivity index (χ3v) is 3.36. The van der Waals surface area contributed by atoms with Gasteiger partial charge in [-0.25, -0.2) is 0 Å². The zero-order chi connectivity index (χ0) is 13.8. The zero-order valence-corrected chi connectivity index (χ0v) is 12.5. The Morgan fingerprint density at radius 2 is 1.78 bits per heavy atom. The van der Waals surface area contributed by atoms with Crippen LogP contribution in [0.5, 0.6) is 0 Å². The molecule has 0 amide bonds. The molecule has 1 rings (SSSR count). The van der Waals surface area contributed by atoms with E-state index in [9.17, 15) is 5.11 Å². The highest BCUT2D eigenvalue weighted by molar-refractivity contribution is 6.30. The Labute approximate surface area is 115 Å². The fourth-order valence-corrected chi connectivity index (χ4v) is 2.30. The lowest BCUT2D eigenvalue weighted by molar-refractivity contribution is 0.127. The molecule has 102 valence electrons. The molecule has 3 heteroatoms. The van der Waals surface area contributed by atoms with Gasteiger partial charge in [0.15, 0.2) is 0 Å². The van der Waals surface area contributed by atoms with Gasteiger partial charge in [0, 0.05) is 17.6 Å². The fourth-order valence-electron chi connectivity index (χ4n) is 2.17. The molecule has 2 nitrogen and oxygen atoms in total. The van der Waals surface area contributed by atoms with Gasteiger partial charge in [0.05, 0.1) is 6.10 Å². The molecular weight excluding hydrogens is 246 g/mol. The Hall–Kier alpha value is -0.570. The summed E-state index contributed by atoms with van der Waals surface area (Å²) >= 11 is 5.88. The van der Waals surface area contributed by atoms with Crippen molar-refractivity contribution in [2.75, 3.05) is 6.54 Å². The van der Waals surface area contributed by atoms with Gasteiger partial charge in [-0.3, -0.25) is 0 Å². The molecule has 0 aliphatic rings. The minimum absolute atomic E-state index is 0.0921. The highest BCUT2D eigenvalue weighted by atomic mass is 35.5. The lowest BCUT2D eigenvalue weighted by Gasteiger charge is -2.28. The molecule has 0 aliphatic heterocycles. The second kappa shape index (κ2) is 6.55. The number of aliphatic hydroxyl groups is 1. The first-order valence-electron chi connectivity index (χ1n) is 6.47. The molecular formula is C15H24ClNO. The summed E-state index contributed by atoms with van der Waals surface area (Å²) in [6.07, 6.45) is 0.542. The van der Waals surface area contributed by atoms with Crippen molar-refractivity contribution in [1.29, 1.82) is 0 Å². The van der Waals surface area contributed by atoms with Crippen molar-refractivity contribution in [3.05, 3.63) is 34.9 Å². The van der Waals surface area contributed by atoms with Gasteiger partial charge in [0.2, 0.25) is 0 Å². The summed E-state index contributed by atoms with van der Waals surface area (Å²) < 4.78 is 0. The predicted molar refractivity (Wildman–Crippen MR) is 77.9 cm³/mol. The number of halogens is 1. The molecule has 0 heterocycles. The number of benzene rings is 1. The van der Waals surface area contributed by atoms with Gasteiger partial charge in [-0.1, -0.05) is 37.6 Å². The number of nitrogens with one attached hydrogen (secondary N) is 1. The first-order chi connectivity index (χ1) is 8.30. The van der Waals surface area contributed by atoms with E-state index < -0.39 is 0 Å². The minimum atomic E-state index is -0.257. The first-order valence-corrected chi connectivity index (χ1v) is 6.85. The van der Waals surface area contributed by atoms with Gasteiger partial charge in [0.25, 0.3) is 0 Å². The summed E-state index contributed by atoms with van der Waals surface area (Å²) in [6, 6.07) is 8.20. The molecule has 0 spiro atoms. The number of hydrogen-bond acceptors (Lipinski definition) is 2. The molecule has 18 heavy (non-hydrogen) atoms. The van der Waals surface area contributed by atoms with E-state index in [1.165, 1.54) is 5.56 Å². The van der Waals surface area contributed by atoms with Crippen LogP contribution in [0.1, 0.15) is 45.7 Å². The van der Waals surface area contributed by atoms with Crippen molar-refractivity contribution in [2.24, 2.45) is 5.41 Å². The highest BCUT2D eigenvalue weighted by Crippen LogP contribution is 2.23. The Balaban J connectivity index is 2.50. The number of hydrogen-bond donors (Lipinski definition) is 2. The molecule has 0 aromatic heterocycles. The molecule has 0 fully saturated rings. The van der Waals surface area contributed by atoms with E-state index >= 15 is 0 Å². The standard InChI is InChI=1S/C15H24ClNO/c1-11(18)9-15(3,4)10-17-12(2)13-5-7-14(16)8-6-13/h5-8,11-12,17-18H,9-10H2,1-4H3. The predicted octanol–water partition coefficient (Wildman–Crippen LogP) is 3.79. The van der Waals surface area contributed by atoms with E-state index in [0.29, 0.717) is 0 Å². The van der Waals surface area contributed by atoms with Gasteiger partial charge in [0.1, 0.15) is 0 Å². The largest absolute Gasteiger partial charge is 0.393 e. The Bertz CT molecular complexity index is 359. The van der Waals surface area contributed by atoms with Crippen LogP contribution in [0.2, 0.25) is 5.02 Å². The first kappa shape index (κ1) is 15.5. The molecule has 2 N–H and O–H groups in total. The van der Waals surface area contributed by atoms with E-state index in [1.807, 2.05) is 31.2 Å². The summed E-state index contributed by atoms with van der Waals surface area (Å²) in [5.41, 5.74) is 1.32. The van der Waals surface area contributed by atoms with Gasteiger partial charge in [-0.2, -0.15) is 0 Å². The van der Waals surface area contributed by atoms with Crippen LogP contribution in [0.4, 0.5) is 0 Å². The Morgan fingerprint density at radius 1 is 1.22 bits per heavy atom. The van der Waals surface area contributed by atoms with Crippen molar-refractivity contribution in [2.45, 2.75) is 46.3 Å². The fraction of sp³-hybridized carbons (Fsp3) is 0.600. The van der Waals surface area contributed by atoms with Gasteiger partial charge >= 0.3 is 0 Å². The lowest BCUT2D eigenvalue weighted by atomic mass is 9.86. The van der Waals surface area contributed by atoms with Gasteiger partial charge in [-0.05, 0) is 43.4 Å². The molecule has 2 unspecified atom stereocenters. The van der Waals surface area contributed by atoms with Gasteiger partial charge in [-0.15, -0.1) is 0 Å². The maximum atomic E-state index is 9.46. The van der Waals surface area contributed by atoms with Crippen molar-refractivity contribution in [3.63, 3.8) is 0 Å². The third-order valence-electron chi connectivity index (χ3n) is 3.10. The molecule has 1 aromatic rings. The van der Waals surface area contributed by atoms with Crippen molar-refractivity contribution in [1.82, 2.24) is 5.32 Å². The van der Waals surface area contributed by atoms with E-state index in [4.69, 9.17) is 11.6 Å². The monoisotopic (exact) mass is 269 g/mol. The summed E-state index contributed by atoms with van der Waals surface area (Å²) in [7, 11) is 0. The smallest absolute Gasteiger partial charge is 0.0517 e. The third kappa shape index (κ3) is 5.38. The Morgan fingerprint density at radius 3 is 2.28 bits per heavy atom. The van der Waals surface area contributed by atoms with Crippen LogP contribution >= 0.6 is 11.6 Å². The van der Waals surface area contributed by atoms with Crippen molar-refractivity contribution >= 4 is 11.6 Å². The highest BCUT2D eigenvalue weighted by Gasteiger charge is 2.21. The molecule has 0 radical (unpaired) electrons. The van der Waals surface area contributed by atoms with Gasteiger partial charge < -0.3 is 10.4 Å². The second-order valence-electron chi connectivity index (χ2n) is 5.87. The minimum Gasteiger partial charge on any atom is -0.393 e. The van der Waals surface area contributed by atoms with Crippen LogP contribution in [-0.4, -0.2) is 17.8 Å². The summed E-state index contributed by atoms with van der Waals surface area (Å²) in [5.74, 6) is 0. The van der Waals surface area contributed by atoms with Crippen LogP contribution in [0.15, 0.2) is 24.3 Å². The van der Waals surface area contributed by atoms with Crippen LogP contribution < -0.4 is 5.32 Å². The van der Waals surface area contributed by atoms with Crippen LogP contribution in [0, 0.1) is 5.41 Å². The molecule has 0 aliphatic carbocycles. The SMILES string of the molecule is CC(O)CC(C)(C)CNC(C)c1ccc(Cl)cc1. The lowest BCUT2D eigenvalue weighted by Crippen LogP contribution is -2.33. The quantitative estimate of drug-likeness (QED) is 0.824. The maximum absolute atomic E-state index is 9.46. The molecule has 0 saturated heterocycles. The topological polar surface area (TPSA) is 32.3 Å². The zero-order valence-electron chi connectivity index (χ0n) is 11.7. The second-order valence-corrected chi connectivity index (χ2v) is 6.31. The normalized spacial score (nSPS) is 15.4. The van der Waals surface area contributed by atoms with Crippen LogP contribution in [0.3, 0.4) is 0 Å². The average molecular weight is 270 g/mol. The molecule has 1 aromatic carbocycles. The Kier molecular flexibility index (Phi) is 5.64. The summed E-state index contributed by atoms with van der Waals surface area (Å²) in [4.78, 5) is 0. The molecule has 2 atom stereocenters. The molecule has 0 bridgehead atoms. The summed E-state index contributed by atoms with van der Waals surface area (Å²) in [5, 5.41) is 13.7. The number of aliphatic hydroxyl groups excluding tert-OH is 1. The van der Waals surface area contributed by atoms with E-state index in [2.05, 4.69) is 26.1 Å². The number of rotatable bonds is 6. The van der Waals surface area contributed by atoms with Crippen molar-refractivity contribution < 1.29 is 5.11 Å². The van der Waals surface area contributed by atoms with Crippen LogP contribution in [0.25, 0.3) is 0 Å². The average Bonchev–Trinajstić information content (AvgIpc) is 2.25. The van der Waals surface area contributed by atoms with Crippen LogP contribution in [-0.2, 0) is 0 Å². The van der Waals surface area contributed by atoms with E-state index in [1.54, 1.807) is 0 Å². The van der Waals surface area contributed by atoms with E-state index in [-0.39, 0.29) is 17.6 Å².